The lowest BCUT2D eigenvalue weighted by Crippen LogP contribution is -2.20. The quantitative estimate of drug-likeness (QED) is 0.0766. The molecule has 2 aromatic rings. The summed E-state index contributed by atoms with van der Waals surface area (Å²) in [6, 6.07) is 14.7. The number of benzene rings is 2. The fourth-order valence-corrected chi connectivity index (χ4v) is 4.53. The minimum absolute atomic E-state index is 0.177. The maximum Gasteiger partial charge on any atom is 0.338 e. The molecule has 2 atom stereocenters. The van der Waals surface area contributed by atoms with E-state index in [-0.39, 0.29) is 23.9 Å². The fourth-order valence-electron chi connectivity index (χ4n) is 4.29. The molecule has 2 aromatic carbocycles. The molecule has 0 aromatic heterocycles. The molecule has 0 bridgehead atoms. The van der Waals surface area contributed by atoms with Gasteiger partial charge in [-0.15, -0.1) is 11.6 Å². The number of hydrogen-bond acceptors (Lipinski definition) is 4. The number of esters is 2. The van der Waals surface area contributed by atoms with Crippen molar-refractivity contribution in [2.75, 3.05) is 6.61 Å². The summed E-state index contributed by atoms with van der Waals surface area (Å²) in [6.45, 7) is 6.57. The van der Waals surface area contributed by atoms with Crippen LogP contribution in [-0.4, -0.2) is 23.9 Å². The van der Waals surface area contributed by atoms with E-state index in [9.17, 15) is 9.59 Å². The Labute approximate surface area is 235 Å². The second-order valence-electron chi connectivity index (χ2n) is 10.4. The topological polar surface area (TPSA) is 52.6 Å². The molecule has 2 rings (SSSR count). The van der Waals surface area contributed by atoms with Gasteiger partial charge in [0.1, 0.15) is 12.4 Å². The van der Waals surface area contributed by atoms with Gasteiger partial charge < -0.3 is 9.47 Å². The van der Waals surface area contributed by atoms with Crippen LogP contribution in [0.15, 0.2) is 48.5 Å². The number of halogens is 1. The van der Waals surface area contributed by atoms with Gasteiger partial charge in [0.2, 0.25) is 0 Å². The van der Waals surface area contributed by atoms with Gasteiger partial charge in [0.05, 0.1) is 10.9 Å². The second-order valence-corrected chi connectivity index (χ2v) is 10.9. The maximum absolute atomic E-state index is 12.3. The smallest absolute Gasteiger partial charge is 0.338 e. The van der Waals surface area contributed by atoms with E-state index >= 15 is 0 Å². The van der Waals surface area contributed by atoms with E-state index in [0.29, 0.717) is 23.7 Å². The molecule has 38 heavy (non-hydrogen) atoms. The highest BCUT2D eigenvalue weighted by atomic mass is 35.5. The van der Waals surface area contributed by atoms with Crippen LogP contribution in [0.4, 0.5) is 0 Å². The van der Waals surface area contributed by atoms with Crippen LogP contribution in [0.2, 0.25) is 0 Å². The molecule has 0 aliphatic rings. The minimum Gasteiger partial charge on any atom is -0.461 e. The van der Waals surface area contributed by atoms with Gasteiger partial charge in [0.15, 0.2) is 0 Å². The standard InChI is InChI=1S/C33H47ClO4/c1-4-6-7-8-9-10-11-12-13-14-15-16-32(35)38-30-23-21-28(22-24-30)27-17-19-29(20-18-27)33(36)37-25-31(34)26(3)5-2/h17-24,26,31H,4-16,25H2,1-3H3. The second kappa shape index (κ2) is 18.8. The first-order valence-electron chi connectivity index (χ1n) is 14.7. The molecule has 4 nitrogen and oxygen atoms in total. The van der Waals surface area contributed by atoms with Crippen LogP contribution in [-0.2, 0) is 9.53 Å². The lowest BCUT2D eigenvalue weighted by atomic mass is 10.0. The predicted molar refractivity (Wildman–Crippen MR) is 158 cm³/mol. The number of rotatable bonds is 19. The summed E-state index contributed by atoms with van der Waals surface area (Å²) < 4.78 is 10.9. The van der Waals surface area contributed by atoms with Crippen molar-refractivity contribution in [1.82, 2.24) is 0 Å². The summed E-state index contributed by atoms with van der Waals surface area (Å²) in [5, 5.41) is -0.185. The Hall–Kier alpha value is -2.33. The Bertz CT molecular complexity index is 923. The molecule has 0 heterocycles. The first kappa shape index (κ1) is 31.9. The van der Waals surface area contributed by atoms with Crippen molar-refractivity contribution in [3.63, 3.8) is 0 Å². The van der Waals surface area contributed by atoms with E-state index in [1.165, 1.54) is 57.8 Å². The van der Waals surface area contributed by atoms with Crippen LogP contribution in [0.25, 0.3) is 11.1 Å². The number of carbonyl (C=O) groups is 2. The first-order chi connectivity index (χ1) is 18.4. The third kappa shape index (κ3) is 12.5. The third-order valence-corrected chi connectivity index (χ3v) is 7.72. The first-order valence-corrected chi connectivity index (χ1v) is 15.1. The molecule has 0 N–H and O–H groups in total. The summed E-state index contributed by atoms with van der Waals surface area (Å²) in [5.74, 6) is 0.298. The monoisotopic (exact) mass is 542 g/mol. The molecule has 0 aliphatic heterocycles. The van der Waals surface area contributed by atoms with E-state index in [4.69, 9.17) is 21.1 Å². The Morgan fingerprint density at radius 2 is 1.24 bits per heavy atom. The van der Waals surface area contributed by atoms with Gasteiger partial charge >= 0.3 is 11.9 Å². The van der Waals surface area contributed by atoms with Crippen LogP contribution in [0.3, 0.4) is 0 Å². The zero-order valence-corrected chi connectivity index (χ0v) is 24.4. The molecule has 0 saturated heterocycles. The highest BCUT2D eigenvalue weighted by Gasteiger charge is 2.16. The molecule has 5 heteroatoms. The van der Waals surface area contributed by atoms with Crippen LogP contribution in [0.5, 0.6) is 5.75 Å². The number of ether oxygens (including phenoxy) is 2. The average molecular weight is 543 g/mol. The Kier molecular flexibility index (Phi) is 15.8. The molecule has 0 fully saturated rings. The number of hydrogen-bond donors (Lipinski definition) is 0. The number of carbonyl (C=O) groups excluding carboxylic acids is 2. The molecule has 2 unspecified atom stereocenters. The Morgan fingerprint density at radius 3 is 1.76 bits per heavy atom. The molecular formula is C33H47ClO4. The van der Waals surface area contributed by atoms with Crippen molar-refractivity contribution in [3.05, 3.63) is 54.1 Å². The van der Waals surface area contributed by atoms with Crippen LogP contribution in [0, 0.1) is 5.92 Å². The molecule has 0 spiro atoms. The van der Waals surface area contributed by atoms with Gasteiger partial charge in [0.25, 0.3) is 0 Å². The molecule has 210 valence electrons. The van der Waals surface area contributed by atoms with Crippen molar-refractivity contribution in [2.24, 2.45) is 5.92 Å². The van der Waals surface area contributed by atoms with E-state index in [0.717, 1.165) is 30.4 Å². The molecule has 0 radical (unpaired) electrons. The van der Waals surface area contributed by atoms with Gasteiger partial charge in [-0.3, -0.25) is 4.79 Å². The summed E-state index contributed by atoms with van der Waals surface area (Å²) in [5.41, 5.74) is 2.44. The lowest BCUT2D eigenvalue weighted by Gasteiger charge is -2.16. The SMILES string of the molecule is CCCCCCCCCCCCCC(=O)Oc1ccc(-c2ccc(C(=O)OCC(Cl)C(C)CC)cc2)cc1. The van der Waals surface area contributed by atoms with Crippen LogP contribution >= 0.6 is 11.6 Å². The summed E-state index contributed by atoms with van der Waals surface area (Å²) in [6.07, 6.45) is 15.2. The van der Waals surface area contributed by atoms with Gasteiger partial charge in [-0.2, -0.15) is 0 Å². The predicted octanol–water partition coefficient (Wildman–Crippen LogP) is 9.77. The normalized spacial score (nSPS) is 12.6. The van der Waals surface area contributed by atoms with Crippen molar-refractivity contribution >= 4 is 23.5 Å². The fraction of sp³-hybridized carbons (Fsp3) is 0.576. The minimum atomic E-state index is -0.370. The van der Waals surface area contributed by atoms with E-state index in [2.05, 4.69) is 13.8 Å². The van der Waals surface area contributed by atoms with E-state index < -0.39 is 0 Å². The van der Waals surface area contributed by atoms with Gasteiger partial charge in [-0.25, -0.2) is 4.79 Å². The zero-order valence-electron chi connectivity index (χ0n) is 23.7. The number of unbranched alkanes of at least 4 members (excludes halogenated alkanes) is 10. The van der Waals surface area contributed by atoms with Crippen molar-refractivity contribution in [1.29, 1.82) is 0 Å². The summed E-state index contributed by atoms with van der Waals surface area (Å²) in [7, 11) is 0. The van der Waals surface area contributed by atoms with E-state index in [1.807, 2.05) is 43.3 Å². The lowest BCUT2D eigenvalue weighted by molar-refractivity contribution is -0.134. The molecule has 0 saturated carbocycles. The third-order valence-electron chi connectivity index (χ3n) is 7.16. The van der Waals surface area contributed by atoms with Crippen molar-refractivity contribution in [2.45, 2.75) is 110 Å². The largest absolute Gasteiger partial charge is 0.461 e. The highest BCUT2D eigenvalue weighted by Crippen LogP contribution is 2.24. The summed E-state index contributed by atoms with van der Waals surface area (Å²) in [4.78, 5) is 24.5. The Balaban J connectivity index is 1.66. The van der Waals surface area contributed by atoms with Gasteiger partial charge in [-0.05, 0) is 47.7 Å². The van der Waals surface area contributed by atoms with Crippen LogP contribution < -0.4 is 4.74 Å². The van der Waals surface area contributed by atoms with Crippen LogP contribution in [0.1, 0.15) is 115 Å². The molecule has 0 amide bonds. The average Bonchev–Trinajstić information content (AvgIpc) is 2.94. The molecule has 0 aliphatic carbocycles. The summed E-state index contributed by atoms with van der Waals surface area (Å²) >= 11 is 6.27. The number of alkyl halides is 1. The Morgan fingerprint density at radius 1 is 0.737 bits per heavy atom. The van der Waals surface area contributed by atoms with Gasteiger partial charge in [0, 0.05) is 6.42 Å². The molecular weight excluding hydrogens is 496 g/mol. The zero-order chi connectivity index (χ0) is 27.6. The van der Waals surface area contributed by atoms with Crippen molar-refractivity contribution < 1.29 is 19.1 Å². The van der Waals surface area contributed by atoms with Gasteiger partial charge in [-0.1, -0.05) is 116 Å². The van der Waals surface area contributed by atoms with Crippen molar-refractivity contribution in [3.8, 4) is 16.9 Å². The highest BCUT2D eigenvalue weighted by molar-refractivity contribution is 6.21. The maximum atomic E-state index is 12.3. The van der Waals surface area contributed by atoms with E-state index in [1.54, 1.807) is 12.1 Å².